The number of amides is 1. The van der Waals surface area contributed by atoms with E-state index in [0.29, 0.717) is 15.7 Å². The molecule has 1 aromatic carbocycles. The van der Waals surface area contributed by atoms with Crippen LogP contribution in [0.3, 0.4) is 0 Å². The van der Waals surface area contributed by atoms with E-state index < -0.39 is 0 Å². The highest BCUT2D eigenvalue weighted by Gasteiger charge is 2.14. The topological polar surface area (TPSA) is 64.1 Å². The molecule has 122 valence electrons. The largest absolute Gasteiger partial charge is 0.497 e. The molecule has 0 aliphatic carbocycles. The third-order valence-electron chi connectivity index (χ3n) is 3.32. The van der Waals surface area contributed by atoms with Crippen molar-refractivity contribution in [1.82, 2.24) is 9.97 Å². The zero-order valence-electron chi connectivity index (χ0n) is 13.1. The van der Waals surface area contributed by atoms with Gasteiger partial charge in [-0.1, -0.05) is 0 Å². The summed E-state index contributed by atoms with van der Waals surface area (Å²) in [5.74, 6) is 0.590. The number of anilines is 1. The predicted molar refractivity (Wildman–Crippen MR) is 98.1 cm³/mol. The molecule has 0 fully saturated rings. The van der Waals surface area contributed by atoms with Crippen molar-refractivity contribution in [3.63, 3.8) is 0 Å². The molecule has 24 heavy (non-hydrogen) atoms. The van der Waals surface area contributed by atoms with Gasteiger partial charge in [-0.15, -0.1) is 23.1 Å². The number of nitrogens with zero attached hydrogens (tertiary/aromatic N) is 2. The summed E-state index contributed by atoms with van der Waals surface area (Å²) >= 11 is 2.83. The molecule has 3 rings (SSSR count). The van der Waals surface area contributed by atoms with Crippen molar-refractivity contribution in [2.45, 2.75) is 5.03 Å². The number of methoxy groups -OCH3 is 1. The van der Waals surface area contributed by atoms with Gasteiger partial charge in [0.05, 0.1) is 18.4 Å². The fourth-order valence-electron chi connectivity index (χ4n) is 2.12. The van der Waals surface area contributed by atoms with E-state index in [4.69, 9.17) is 4.74 Å². The molecule has 2 heterocycles. The number of hydrogen-bond acceptors (Lipinski definition) is 6. The molecular formula is C17H15N3O2S2. The first-order chi connectivity index (χ1) is 11.7. The number of benzene rings is 1. The van der Waals surface area contributed by atoms with Crippen molar-refractivity contribution < 1.29 is 9.53 Å². The van der Waals surface area contributed by atoms with Crippen LogP contribution in [0.4, 0.5) is 5.13 Å². The van der Waals surface area contributed by atoms with Gasteiger partial charge in [-0.2, -0.15) is 0 Å². The van der Waals surface area contributed by atoms with Crippen LogP contribution >= 0.6 is 23.1 Å². The zero-order chi connectivity index (χ0) is 16.9. The number of pyridine rings is 1. The third kappa shape index (κ3) is 3.58. The Balaban J connectivity index is 1.77. The number of thioether (sulfide) groups is 1. The van der Waals surface area contributed by atoms with Gasteiger partial charge in [0.1, 0.15) is 10.8 Å². The van der Waals surface area contributed by atoms with E-state index in [1.54, 1.807) is 25.4 Å². The number of carbonyl (C=O) groups is 1. The van der Waals surface area contributed by atoms with Crippen LogP contribution in [0.5, 0.6) is 5.75 Å². The first kappa shape index (κ1) is 16.5. The van der Waals surface area contributed by atoms with Crippen molar-refractivity contribution >= 4 is 34.1 Å². The fraction of sp³-hybridized carbons (Fsp3) is 0.118. The molecule has 0 spiro atoms. The summed E-state index contributed by atoms with van der Waals surface area (Å²) in [7, 11) is 1.63. The maximum atomic E-state index is 12.4. The van der Waals surface area contributed by atoms with Crippen LogP contribution in [0.1, 0.15) is 10.4 Å². The number of carbonyl (C=O) groups excluding carboxylic acids is 1. The molecule has 3 aromatic rings. The van der Waals surface area contributed by atoms with E-state index in [2.05, 4.69) is 15.3 Å². The smallest absolute Gasteiger partial charge is 0.260 e. The molecule has 0 unspecified atom stereocenters. The molecule has 5 nitrogen and oxygen atoms in total. The van der Waals surface area contributed by atoms with Crippen LogP contribution in [-0.4, -0.2) is 29.2 Å². The lowest BCUT2D eigenvalue weighted by atomic mass is 10.2. The number of thiazole rings is 1. The summed E-state index contributed by atoms with van der Waals surface area (Å²) < 4.78 is 5.15. The Hall–Kier alpha value is -2.38. The molecule has 1 N–H and O–H groups in total. The van der Waals surface area contributed by atoms with Gasteiger partial charge in [0.15, 0.2) is 5.13 Å². The summed E-state index contributed by atoms with van der Waals surface area (Å²) in [6.45, 7) is 0. The maximum Gasteiger partial charge on any atom is 0.260 e. The molecule has 7 heteroatoms. The van der Waals surface area contributed by atoms with Gasteiger partial charge in [0.2, 0.25) is 0 Å². The zero-order valence-corrected chi connectivity index (χ0v) is 14.8. The Morgan fingerprint density at radius 2 is 2.04 bits per heavy atom. The standard InChI is InChI=1S/C17H15N3O2S2/c1-22-12-7-5-11(6-8-12)14-10-24-17(19-14)20-15(21)13-4-3-9-18-16(13)23-2/h3-10H,1-2H3,(H,19,20,21). The summed E-state index contributed by atoms with van der Waals surface area (Å²) in [5.41, 5.74) is 2.33. The van der Waals surface area contributed by atoms with E-state index in [9.17, 15) is 4.79 Å². The second kappa shape index (κ2) is 7.46. The lowest BCUT2D eigenvalue weighted by Crippen LogP contribution is -2.13. The highest BCUT2D eigenvalue weighted by atomic mass is 32.2. The van der Waals surface area contributed by atoms with Gasteiger partial charge in [-0.25, -0.2) is 9.97 Å². The van der Waals surface area contributed by atoms with Gasteiger partial charge >= 0.3 is 0 Å². The average Bonchev–Trinajstić information content (AvgIpc) is 3.10. The van der Waals surface area contributed by atoms with Crippen LogP contribution in [0.2, 0.25) is 0 Å². The van der Waals surface area contributed by atoms with Crippen molar-refractivity contribution in [1.29, 1.82) is 0 Å². The third-order valence-corrected chi connectivity index (χ3v) is 4.79. The molecule has 0 atom stereocenters. The van der Waals surface area contributed by atoms with Gasteiger partial charge in [0, 0.05) is 17.1 Å². The van der Waals surface area contributed by atoms with Crippen LogP contribution in [-0.2, 0) is 0 Å². The van der Waals surface area contributed by atoms with E-state index in [0.717, 1.165) is 17.0 Å². The monoisotopic (exact) mass is 357 g/mol. The molecular weight excluding hydrogens is 342 g/mol. The first-order valence-corrected chi connectivity index (χ1v) is 9.22. The SMILES string of the molecule is COc1ccc(-c2csc(NC(=O)c3cccnc3SC)n2)cc1. The van der Waals surface area contributed by atoms with Crippen molar-refractivity contribution in [2.75, 3.05) is 18.7 Å². The van der Waals surface area contributed by atoms with Crippen molar-refractivity contribution in [3.8, 4) is 17.0 Å². The molecule has 0 radical (unpaired) electrons. The Kier molecular flexibility index (Phi) is 5.12. The number of nitrogens with one attached hydrogen (secondary N) is 1. The minimum atomic E-state index is -0.205. The molecule has 0 saturated heterocycles. The lowest BCUT2D eigenvalue weighted by Gasteiger charge is -2.05. The van der Waals surface area contributed by atoms with Crippen LogP contribution in [0, 0.1) is 0 Å². The van der Waals surface area contributed by atoms with E-state index in [1.807, 2.05) is 35.9 Å². The number of rotatable bonds is 5. The van der Waals surface area contributed by atoms with Gasteiger partial charge in [-0.3, -0.25) is 10.1 Å². The minimum absolute atomic E-state index is 0.205. The molecule has 0 aliphatic heterocycles. The second-order valence-electron chi connectivity index (χ2n) is 4.78. The molecule has 0 saturated carbocycles. The quantitative estimate of drug-likeness (QED) is 0.694. The molecule has 0 aliphatic rings. The predicted octanol–water partition coefficient (Wildman–Crippen LogP) is 4.19. The van der Waals surface area contributed by atoms with Gasteiger partial charge in [0.25, 0.3) is 5.91 Å². The van der Waals surface area contributed by atoms with Crippen LogP contribution in [0.25, 0.3) is 11.3 Å². The molecule has 1 amide bonds. The average molecular weight is 357 g/mol. The Morgan fingerprint density at radius 1 is 1.25 bits per heavy atom. The first-order valence-electron chi connectivity index (χ1n) is 7.11. The number of ether oxygens (including phenoxy) is 1. The van der Waals surface area contributed by atoms with Gasteiger partial charge < -0.3 is 4.74 Å². The van der Waals surface area contributed by atoms with E-state index in [-0.39, 0.29) is 5.91 Å². The summed E-state index contributed by atoms with van der Waals surface area (Å²) in [6, 6.07) is 11.1. The lowest BCUT2D eigenvalue weighted by molar-refractivity contribution is 0.102. The molecule has 2 aromatic heterocycles. The second-order valence-corrected chi connectivity index (χ2v) is 6.43. The van der Waals surface area contributed by atoms with E-state index in [1.165, 1.54) is 23.1 Å². The maximum absolute atomic E-state index is 12.4. The normalized spacial score (nSPS) is 10.4. The summed E-state index contributed by atoms with van der Waals surface area (Å²) in [6.07, 6.45) is 3.57. The summed E-state index contributed by atoms with van der Waals surface area (Å²) in [4.78, 5) is 21.1. The summed E-state index contributed by atoms with van der Waals surface area (Å²) in [5, 5.41) is 6.00. The molecule has 0 bridgehead atoms. The Morgan fingerprint density at radius 3 is 2.75 bits per heavy atom. The minimum Gasteiger partial charge on any atom is -0.497 e. The van der Waals surface area contributed by atoms with Crippen molar-refractivity contribution in [3.05, 3.63) is 53.5 Å². The van der Waals surface area contributed by atoms with Crippen molar-refractivity contribution in [2.24, 2.45) is 0 Å². The Labute approximate surface area is 148 Å². The number of aromatic nitrogens is 2. The van der Waals surface area contributed by atoms with E-state index >= 15 is 0 Å². The van der Waals surface area contributed by atoms with Crippen LogP contribution < -0.4 is 10.1 Å². The number of hydrogen-bond donors (Lipinski definition) is 1. The van der Waals surface area contributed by atoms with Crippen LogP contribution in [0.15, 0.2) is 53.0 Å². The fourth-order valence-corrected chi connectivity index (χ4v) is 3.38. The van der Waals surface area contributed by atoms with Gasteiger partial charge in [-0.05, 0) is 42.7 Å². The highest BCUT2D eigenvalue weighted by Crippen LogP contribution is 2.27. The highest BCUT2D eigenvalue weighted by molar-refractivity contribution is 7.98. The Bertz CT molecular complexity index is 847.